The number of aromatic nitrogens is 6. The minimum atomic E-state index is -0.564. The molecule has 0 radical (unpaired) electrons. The van der Waals surface area contributed by atoms with Gasteiger partial charge in [-0.3, -0.25) is 5.10 Å². The highest BCUT2D eigenvalue weighted by atomic mass is 19.1. The van der Waals surface area contributed by atoms with Gasteiger partial charge in [-0.25, -0.2) is 0 Å². The Kier molecular flexibility index (Phi) is 1.14. The average Bonchev–Trinajstić information content (AvgIpc) is 2.55. The fraction of sp³-hybridized carbons (Fsp3) is 0. The Morgan fingerprint density at radius 2 is 2.36 bits per heavy atom. The molecule has 7 heteroatoms. The van der Waals surface area contributed by atoms with Gasteiger partial charge in [0.1, 0.15) is 0 Å². The standard InChI is InChI=1S/C4H3FN6/c5-3-2(1-6-7-3)4-8-10-11-9-4/h1H,(H,6,7)(H,8,9,10,11). The van der Waals surface area contributed by atoms with E-state index < -0.39 is 5.95 Å². The topological polar surface area (TPSA) is 83.1 Å². The van der Waals surface area contributed by atoms with E-state index in [4.69, 9.17) is 0 Å². The first kappa shape index (κ1) is 5.96. The van der Waals surface area contributed by atoms with Crippen molar-refractivity contribution in [1.29, 1.82) is 0 Å². The van der Waals surface area contributed by atoms with Crippen molar-refractivity contribution in [3.63, 3.8) is 0 Å². The van der Waals surface area contributed by atoms with Gasteiger partial charge in [0.15, 0.2) is 0 Å². The third kappa shape index (κ3) is 0.858. The van der Waals surface area contributed by atoms with Gasteiger partial charge in [-0.05, 0) is 5.21 Å². The maximum absolute atomic E-state index is 12.7. The second kappa shape index (κ2) is 2.11. The van der Waals surface area contributed by atoms with Gasteiger partial charge in [0.25, 0.3) is 0 Å². The molecule has 0 bridgehead atoms. The molecule has 0 spiro atoms. The van der Waals surface area contributed by atoms with Crippen LogP contribution in [-0.4, -0.2) is 30.8 Å². The quantitative estimate of drug-likeness (QED) is 0.592. The highest BCUT2D eigenvalue weighted by Crippen LogP contribution is 2.13. The van der Waals surface area contributed by atoms with Gasteiger partial charge in [-0.2, -0.15) is 14.7 Å². The van der Waals surface area contributed by atoms with Crippen LogP contribution in [0.2, 0.25) is 0 Å². The first-order chi connectivity index (χ1) is 5.38. The Hall–Kier alpha value is -1.79. The molecule has 6 nitrogen and oxygen atoms in total. The van der Waals surface area contributed by atoms with Crippen LogP contribution in [0.5, 0.6) is 0 Å². The molecule has 0 fully saturated rings. The van der Waals surface area contributed by atoms with Gasteiger partial charge < -0.3 is 0 Å². The summed E-state index contributed by atoms with van der Waals surface area (Å²) in [6, 6.07) is 0. The fourth-order valence-electron chi connectivity index (χ4n) is 0.702. The van der Waals surface area contributed by atoms with E-state index in [2.05, 4.69) is 30.8 Å². The van der Waals surface area contributed by atoms with Gasteiger partial charge in [0, 0.05) is 0 Å². The molecule has 56 valence electrons. The molecule has 0 aromatic carbocycles. The first-order valence-corrected chi connectivity index (χ1v) is 2.80. The average molecular weight is 154 g/mol. The highest BCUT2D eigenvalue weighted by molar-refractivity contribution is 5.51. The van der Waals surface area contributed by atoms with Crippen LogP contribution in [0.25, 0.3) is 11.4 Å². The van der Waals surface area contributed by atoms with Gasteiger partial charge >= 0.3 is 0 Å². The molecule has 2 rings (SSSR count). The summed E-state index contributed by atoms with van der Waals surface area (Å²) in [5.41, 5.74) is 0.207. The third-order valence-corrected chi connectivity index (χ3v) is 1.18. The smallest absolute Gasteiger partial charge is 0.220 e. The van der Waals surface area contributed by atoms with Crippen LogP contribution in [0.15, 0.2) is 6.20 Å². The fourth-order valence-corrected chi connectivity index (χ4v) is 0.702. The maximum atomic E-state index is 12.7. The number of hydrogen-bond acceptors (Lipinski definition) is 4. The van der Waals surface area contributed by atoms with E-state index in [1.807, 2.05) is 0 Å². The number of halogens is 1. The molecule has 2 heterocycles. The molecule has 0 aliphatic heterocycles. The van der Waals surface area contributed by atoms with Crippen molar-refractivity contribution in [2.24, 2.45) is 0 Å². The Morgan fingerprint density at radius 1 is 1.45 bits per heavy atom. The molecule has 0 aliphatic carbocycles. The van der Waals surface area contributed by atoms with E-state index in [1.54, 1.807) is 0 Å². The van der Waals surface area contributed by atoms with Crippen molar-refractivity contribution < 1.29 is 4.39 Å². The molecule has 0 amide bonds. The van der Waals surface area contributed by atoms with E-state index in [9.17, 15) is 4.39 Å². The molecular weight excluding hydrogens is 151 g/mol. The van der Waals surface area contributed by atoms with E-state index in [0.29, 0.717) is 0 Å². The molecule has 0 unspecified atom stereocenters. The number of nitrogens with one attached hydrogen (secondary N) is 2. The first-order valence-electron chi connectivity index (χ1n) is 2.80. The SMILES string of the molecule is Fc1[nH]ncc1-c1nn[nH]n1. The summed E-state index contributed by atoms with van der Waals surface area (Å²) in [6.45, 7) is 0. The zero-order valence-electron chi connectivity index (χ0n) is 5.24. The van der Waals surface area contributed by atoms with Crippen LogP contribution in [0.4, 0.5) is 4.39 Å². The summed E-state index contributed by atoms with van der Waals surface area (Å²) < 4.78 is 12.7. The zero-order valence-corrected chi connectivity index (χ0v) is 5.24. The van der Waals surface area contributed by atoms with Crippen LogP contribution in [0.3, 0.4) is 0 Å². The summed E-state index contributed by atoms with van der Waals surface area (Å²) in [6.07, 6.45) is 1.29. The Bertz CT molecular complexity index is 337. The summed E-state index contributed by atoms with van der Waals surface area (Å²) in [5.74, 6) is -0.373. The van der Waals surface area contributed by atoms with Crippen LogP contribution < -0.4 is 0 Å². The largest absolute Gasteiger partial charge is 0.252 e. The molecule has 0 saturated carbocycles. The highest BCUT2D eigenvalue weighted by Gasteiger charge is 2.10. The lowest BCUT2D eigenvalue weighted by Gasteiger charge is -1.82. The van der Waals surface area contributed by atoms with Crippen molar-refractivity contribution in [2.75, 3.05) is 0 Å². The summed E-state index contributed by atoms with van der Waals surface area (Å²) >= 11 is 0. The molecule has 0 aliphatic rings. The van der Waals surface area contributed by atoms with Crippen molar-refractivity contribution in [1.82, 2.24) is 30.8 Å². The predicted octanol–water partition coefficient (Wildman–Crippen LogP) is -0.271. The molecular formula is C4H3FN6. The molecule has 2 aromatic heterocycles. The van der Waals surface area contributed by atoms with E-state index in [1.165, 1.54) is 6.20 Å². The van der Waals surface area contributed by atoms with Gasteiger partial charge in [-0.15, -0.1) is 10.2 Å². The molecule has 2 aromatic rings. The van der Waals surface area contributed by atoms with E-state index in [-0.39, 0.29) is 11.4 Å². The number of hydrogen-bond donors (Lipinski definition) is 2. The molecule has 0 saturated heterocycles. The number of aromatic amines is 2. The monoisotopic (exact) mass is 154 g/mol. The minimum Gasteiger partial charge on any atom is -0.252 e. The molecule has 0 atom stereocenters. The van der Waals surface area contributed by atoms with Crippen molar-refractivity contribution in [3.05, 3.63) is 12.1 Å². The van der Waals surface area contributed by atoms with Crippen molar-refractivity contribution in [3.8, 4) is 11.4 Å². The lowest BCUT2D eigenvalue weighted by molar-refractivity contribution is 0.581. The summed E-state index contributed by atoms with van der Waals surface area (Å²) in [5, 5.41) is 18.2. The van der Waals surface area contributed by atoms with Crippen LogP contribution in [0.1, 0.15) is 0 Å². The second-order valence-electron chi connectivity index (χ2n) is 1.83. The van der Waals surface area contributed by atoms with Crippen molar-refractivity contribution >= 4 is 0 Å². The Balaban J connectivity index is 2.53. The van der Waals surface area contributed by atoms with E-state index >= 15 is 0 Å². The third-order valence-electron chi connectivity index (χ3n) is 1.18. The number of nitrogens with zero attached hydrogens (tertiary/aromatic N) is 4. The van der Waals surface area contributed by atoms with Crippen LogP contribution in [-0.2, 0) is 0 Å². The number of tetrazole rings is 1. The van der Waals surface area contributed by atoms with Gasteiger partial charge in [0.2, 0.25) is 11.8 Å². The van der Waals surface area contributed by atoms with Crippen LogP contribution in [0, 0.1) is 5.95 Å². The lowest BCUT2D eigenvalue weighted by Crippen LogP contribution is -1.82. The number of H-pyrrole nitrogens is 2. The van der Waals surface area contributed by atoms with Crippen molar-refractivity contribution in [2.45, 2.75) is 0 Å². The van der Waals surface area contributed by atoms with Gasteiger partial charge in [0.05, 0.1) is 11.8 Å². The molecule has 2 N–H and O–H groups in total. The lowest BCUT2D eigenvalue weighted by atomic mass is 10.3. The minimum absolute atomic E-state index is 0.191. The van der Waals surface area contributed by atoms with Gasteiger partial charge in [-0.1, -0.05) is 0 Å². The second-order valence-corrected chi connectivity index (χ2v) is 1.83. The van der Waals surface area contributed by atoms with Crippen LogP contribution >= 0.6 is 0 Å². The Morgan fingerprint density at radius 3 is 2.91 bits per heavy atom. The summed E-state index contributed by atoms with van der Waals surface area (Å²) in [4.78, 5) is 0. The maximum Gasteiger partial charge on any atom is 0.220 e. The normalized spacial score (nSPS) is 10.3. The van der Waals surface area contributed by atoms with E-state index in [0.717, 1.165) is 0 Å². The zero-order chi connectivity index (χ0) is 7.68. The number of rotatable bonds is 1. The molecule has 11 heavy (non-hydrogen) atoms. The Labute approximate surface area is 59.8 Å². The predicted molar refractivity (Wildman–Crippen MR) is 31.7 cm³/mol. The summed E-state index contributed by atoms with van der Waals surface area (Å²) in [7, 11) is 0.